The molecule has 0 bridgehead atoms. The average molecular weight is 194 g/mol. The highest BCUT2D eigenvalue weighted by Crippen LogP contribution is 2.41. The first kappa shape index (κ1) is 11.6. The highest BCUT2D eigenvalue weighted by atomic mass is 31.2. The second kappa shape index (κ2) is 5.25. The van der Waals surface area contributed by atoms with E-state index < -0.39 is 20.4 Å². The molecule has 0 aliphatic heterocycles. The summed E-state index contributed by atoms with van der Waals surface area (Å²) in [4.78, 5) is 8.87. The molecule has 12 heavy (non-hydrogen) atoms. The van der Waals surface area contributed by atoms with Crippen molar-refractivity contribution in [2.24, 2.45) is 5.73 Å². The topological polar surface area (TPSA) is 117 Å². The van der Waals surface area contributed by atoms with E-state index in [0.29, 0.717) is 0 Å². The van der Waals surface area contributed by atoms with E-state index >= 15 is 0 Å². The number of hydrogen-bond donors (Lipinski definition) is 3. The summed E-state index contributed by atoms with van der Waals surface area (Å²) in [5, 5.41) is 16.4. The Hall–Kier alpha value is -0.440. The van der Waals surface area contributed by atoms with Gasteiger partial charge in [0.15, 0.2) is 6.79 Å². The van der Waals surface area contributed by atoms with Crippen molar-refractivity contribution in [2.75, 3.05) is 13.0 Å². The van der Waals surface area contributed by atoms with Gasteiger partial charge in [-0.05, 0) is 6.42 Å². The van der Waals surface area contributed by atoms with Gasteiger partial charge in [-0.15, -0.1) is 0 Å². The molecule has 0 amide bonds. The molecule has 7 heteroatoms. The number of hydrogen-bond acceptors (Lipinski definition) is 5. The lowest BCUT2D eigenvalue weighted by molar-refractivity contribution is 0.0864. The molecule has 6 nitrogen and oxygen atoms in total. The van der Waals surface area contributed by atoms with Crippen LogP contribution in [-0.2, 0) is 9.09 Å². The molecule has 70 valence electrons. The van der Waals surface area contributed by atoms with Crippen LogP contribution in [0.1, 0.15) is 6.42 Å². The predicted octanol–water partition coefficient (Wildman–Crippen LogP) is -0.621. The Labute approximate surface area is 70.1 Å². The molecule has 0 rings (SSSR count). The van der Waals surface area contributed by atoms with Crippen molar-refractivity contribution in [1.82, 2.24) is 0 Å². The molecule has 0 spiro atoms. The number of aliphatic hydroxyl groups excluding tert-OH is 1. The van der Waals surface area contributed by atoms with Crippen molar-refractivity contribution in [1.29, 1.82) is 5.26 Å². The first-order valence-electron chi connectivity index (χ1n) is 3.24. The minimum absolute atomic E-state index is 0.0737. The normalized spacial score (nSPS) is 17.8. The van der Waals surface area contributed by atoms with Crippen molar-refractivity contribution in [3.05, 3.63) is 0 Å². The number of rotatable bonds is 5. The van der Waals surface area contributed by atoms with Gasteiger partial charge in [0, 0.05) is 0 Å². The van der Waals surface area contributed by atoms with Crippen LogP contribution in [0.3, 0.4) is 0 Å². The van der Waals surface area contributed by atoms with Gasteiger partial charge in [-0.3, -0.25) is 9.09 Å². The van der Waals surface area contributed by atoms with Crippen LogP contribution in [0, 0.1) is 11.3 Å². The van der Waals surface area contributed by atoms with Gasteiger partial charge in [-0.2, -0.15) is 5.26 Å². The molecule has 2 unspecified atom stereocenters. The lowest BCUT2D eigenvalue weighted by Crippen LogP contribution is -2.18. The van der Waals surface area contributed by atoms with Crippen LogP contribution in [0.2, 0.25) is 0 Å². The largest absolute Gasteiger partial charge is 0.370 e. The molecule has 0 saturated heterocycles. The Morgan fingerprint density at radius 3 is 2.75 bits per heavy atom. The first-order valence-corrected chi connectivity index (χ1v) is 5.00. The predicted molar refractivity (Wildman–Crippen MR) is 41.1 cm³/mol. The Bertz CT molecular complexity index is 214. The summed E-state index contributed by atoms with van der Waals surface area (Å²) in [5.41, 5.74) is 5.16. The summed E-state index contributed by atoms with van der Waals surface area (Å²) in [6.07, 6.45) is -0.146. The molecule has 0 radical (unpaired) electrons. The smallest absolute Gasteiger partial charge is 0.330 e. The molecule has 4 N–H and O–H groups in total. The number of nitrogens with zero attached hydrogens (tertiary/aromatic N) is 1. The van der Waals surface area contributed by atoms with Gasteiger partial charge in [0.05, 0.1) is 18.3 Å². The zero-order chi connectivity index (χ0) is 9.61. The molecule has 0 saturated carbocycles. The highest BCUT2D eigenvalue weighted by molar-refractivity contribution is 7.52. The van der Waals surface area contributed by atoms with Crippen LogP contribution in [0.15, 0.2) is 0 Å². The van der Waals surface area contributed by atoms with Crippen LogP contribution < -0.4 is 5.73 Å². The maximum Gasteiger partial charge on any atom is 0.330 e. The monoisotopic (exact) mass is 194 g/mol. The number of nitrogens with two attached hydrogens (primary N) is 1. The van der Waals surface area contributed by atoms with Crippen molar-refractivity contribution in [2.45, 2.75) is 12.5 Å². The van der Waals surface area contributed by atoms with Crippen LogP contribution in [0.5, 0.6) is 0 Å². The fraction of sp³-hybridized carbons (Fsp3) is 0.800. The van der Waals surface area contributed by atoms with Crippen molar-refractivity contribution < 1.29 is 19.1 Å². The molecule has 0 aromatic heterocycles. The van der Waals surface area contributed by atoms with Gasteiger partial charge >= 0.3 is 7.60 Å². The third-order valence-electron chi connectivity index (χ3n) is 1.15. The van der Waals surface area contributed by atoms with Gasteiger partial charge in [0.1, 0.15) is 0 Å². The molecule has 0 aromatic carbocycles. The summed E-state index contributed by atoms with van der Waals surface area (Å²) >= 11 is 0. The van der Waals surface area contributed by atoms with Gasteiger partial charge in [-0.1, -0.05) is 0 Å². The van der Waals surface area contributed by atoms with Crippen molar-refractivity contribution in [3.8, 4) is 6.07 Å². The molecule has 0 aliphatic rings. The minimum atomic E-state index is -3.74. The van der Waals surface area contributed by atoms with Gasteiger partial charge in [0.25, 0.3) is 0 Å². The number of aliphatic hydroxyl groups is 1. The first-order chi connectivity index (χ1) is 5.52. The molecular formula is C5H11N2O4P. The molecule has 0 aliphatic carbocycles. The Kier molecular flexibility index (Phi) is 5.06. The maximum atomic E-state index is 10.8. The zero-order valence-electron chi connectivity index (χ0n) is 6.38. The van der Waals surface area contributed by atoms with Gasteiger partial charge < -0.3 is 15.7 Å². The molecular weight excluding hydrogens is 183 g/mol. The number of nitriles is 1. The van der Waals surface area contributed by atoms with E-state index in [0.717, 1.165) is 0 Å². The molecule has 0 fully saturated rings. The van der Waals surface area contributed by atoms with E-state index in [1.807, 2.05) is 0 Å². The van der Waals surface area contributed by atoms with Crippen molar-refractivity contribution >= 4 is 7.60 Å². The van der Waals surface area contributed by atoms with Gasteiger partial charge in [-0.25, -0.2) is 0 Å². The Morgan fingerprint density at radius 1 is 1.75 bits per heavy atom. The molecule has 0 heterocycles. The van der Waals surface area contributed by atoms with Crippen LogP contribution in [0.25, 0.3) is 0 Å². The lowest BCUT2D eigenvalue weighted by atomic mass is 10.3. The fourth-order valence-electron chi connectivity index (χ4n) is 0.522. The third-order valence-corrected chi connectivity index (χ3v) is 2.49. The van der Waals surface area contributed by atoms with Gasteiger partial charge in [0.2, 0.25) is 0 Å². The van der Waals surface area contributed by atoms with E-state index in [-0.39, 0.29) is 12.6 Å². The lowest BCUT2D eigenvalue weighted by Gasteiger charge is -2.09. The van der Waals surface area contributed by atoms with E-state index in [1.54, 1.807) is 6.07 Å². The maximum absolute atomic E-state index is 10.8. The second-order valence-electron chi connectivity index (χ2n) is 2.14. The molecule has 0 aromatic rings. The fourth-order valence-corrected chi connectivity index (χ4v) is 1.44. The second-order valence-corrected chi connectivity index (χ2v) is 4.12. The third kappa shape index (κ3) is 5.24. The summed E-state index contributed by atoms with van der Waals surface area (Å²) < 4.78 is 15.0. The summed E-state index contributed by atoms with van der Waals surface area (Å²) in [6, 6.07) is 0.937. The van der Waals surface area contributed by atoms with Crippen molar-refractivity contribution in [3.63, 3.8) is 0 Å². The zero-order valence-corrected chi connectivity index (χ0v) is 7.28. The van der Waals surface area contributed by atoms with E-state index in [2.05, 4.69) is 4.52 Å². The van der Waals surface area contributed by atoms with E-state index in [1.165, 1.54) is 0 Å². The summed E-state index contributed by atoms with van der Waals surface area (Å²) in [6.45, 7) is -0.810. The standard InChI is InChI=1S/C5H11N2O4P/c6-3-5(7)1-2-12(9,10)11-4-8/h5,8H,1-2,4,7H2,(H,9,10). The SMILES string of the molecule is N#CC(N)CCP(=O)(O)OCO. The Morgan fingerprint density at radius 2 is 2.33 bits per heavy atom. The quantitative estimate of drug-likeness (QED) is 0.396. The Balaban J connectivity index is 3.77. The average Bonchev–Trinajstić information content (AvgIpc) is 2.00. The van der Waals surface area contributed by atoms with Crippen LogP contribution >= 0.6 is 7.60 Å². The van der Waals surface area contributed by atoms with E-state index in [4.69, 9.17) is 21.0 Å². The minimum Gasteiger partial charge on any atom is -0.370 e. The van der Waals surface area contributed by atoms with Crippen LogP contribution in [-0.4, -0.2) is 29.0 Å². The van der Waals surface area contributed by atoms with E-state index in [9.17, 15) is 4.57 Å². The highest BCUT2D eigenvalue weighted by Gasteiger charge is 2.19. The summed E-state index contributed by atoms with van der Waals surface area (Å²) in [5.74, 6) is 0. The molecule has 2 atom stereocenters. The summed E-state index contributed by atoms with van der Waals surface area (Å²) in [7, 11) is -3.74. The van der Waals surface area contributed by atoms with Crippen LogP contribution in [0.4, 0.5) is 0 Å².